The van der Waals surface area contributed by atoms with Gasteiger partial charge in [0, 0.05) is 18.7 Å². The van der Waals surface area contributed by atoms with E-state index >= 15 is 0 Å². The first-order chi connectivity index (χ1) is 15.7. The first-order valence-electron chi connectivity index (χ1n) is 9.64. The second kappa shape index (κ2) is 10.3. The van der Waals surface area contributed by atoms with Crippen molar-refractivity contribution in [2.75, 3.05) is 18.0 Å². The number of para-hydroxylation sites is 2. The molecule has 0 heterocycles. The monoisotopic (exact) mass is 489 g/mol. The van der Waals surface area contributed by atoms with Gasteiger partial charge in [-0.2, -0.15) is 0 Å². The summed E-state index contributed by atoms with van der Waals surface area (Å²) >= 11 is 6.11. The van der Waals surface area contributed by atoms with Crippen LogP contribution in [0.3, 0.4) is 0 Å². The Balaban J connectivity index is 2.01. The fraction of sp³-hybridized carbons (Fsp3) is 0.136. The van der Waals surface area contributed by atoms with Crippen molar-refractivity contribution in [1.82, 2.24) is 5.32 Å². The van der Waals surface area contributed by atoms with Gasteiger partial charge in [-0.05, 0) is 23.8 Å². The molecule has 0 aliphatic heterocycles. The zero-order chi connectivity index (χ0) is 24.0. The van der Waals surface area contributed by atoms with Crippen LogP contribution in [0.5, 0.6) is 5.75 Å². The highest BCUT2D eigenvalue weighted by Gasteiger charge is 2.32. The number of halogens is 1. The molecule has 0 atom stereocenters. The predicted molar refractivity (Wildman–Crippen MR) is 124 cm³/mol. The van der Waals surface area contributed by atoms with Gasteiger partial charge >= 0.3 is 0 Å². The molecule has 0 saturated carbocycles. The van der Waals surface area contributed by atoms with Crippen LogP contribution in [0, 0.1) is 10.1 Å². The van der Waals surface area contributed by atoms with E-state index < -0.39 is 38.0 Å². The highest BCUT2D eigenvalue weighted by molar-refractivity contribution is 7.93. The smallest absolute Gasteiger partial charge is 0.270 e. The molecule has 3 rings (SSSR count). The van der Waals surface area contributed by atoms with Gasteiger partial charge in [-0.1, -0.05) is 54.1 Å². The minimum absolute atomic E-state index is 0.0810. The van der Waals surface area contributed by atoms with Gasteiger partial charge in [-0.25, -0.2) is 8.42 Å². The van der Waals surface area contributed by atoms with Crippen molar-refractivity contribution in [1.29, 1.82) is 0 Å². The Bertz CT molecular complexity index is 1270. The Morgan fingerprint density at radius 3 is 2.42 bits per heavy atom. The van der Waals surface area contributed by atoms with Crippen LogP contribution < -0.4 is 14.4 Å². The van der Waals surface area contributed by atoms with Gasteiger partial charge < -0.3 is 10.1 Å². The average Bonchev–Trinajstić information content (AvgIpc) is 2.81. The number of rotatable bonds is 9. The number of nitrogens with zero attached hydrogens (tertiary/aromatic N) is 2. The number of sulfonamides is 1. The SMILES string of the molecule is COc1ccccc1N(CC(=O)NCc1ccccc1)S(=O)(=O)c1cc([N+](=O)[O-])ccc1Cl. The van der Waals surface area contributed by atoms with E-state index in [0.717, 1.165) is 28.1 Å². The maximum atomic E-state index is 13.6. The van der Waals surface area contributed by atoms with E-state index in [1.165, 1.54) is 19.2 Å². The number of carbonyl (C=O) groups excluding carboxylic acids is 1. The highest BCUT2D eigenvalue weighted by atomic mass is 35.5. The molecule has 1 N–H and O–H groups in total. The average molecular weight is 490 g/mol. The summed E-state index contributed by atoms with van der Waals surface area (Å²) in [5.74, 6) is -0.395. The minimum Gasteiger partial charge on any atom is -0.495 e. The van der Waals surface area contributed by atoms with Crippen molar-refractivity contribution < 1.29 is 22.9 Å². The standard InChI is InChI=1S/C22H20ClN3O6S/c1-32-20-10-6-5-9-19(20)25(15-22(27)24-14-16-7-3-2-4-8-16)33(30,31)21-13-17(26(28)29)11-12-18(21)23/h2-13H,14-15H2,1H3,(H,24,27). The predicted octanol–water partition coefficient (Wildman–Crippen LogP) is 3.77. The molecule has 0 spiro atoms. The summed E-state index contributed by atoms with van der Waals surface area (Å²) in [6, 6.07) is 18.4. The van der Waals surface area contributed by atoms with Gasteiger partial charge in [0.1, 0.15) is 17.2 Å². The summed E-state index contributed by atoms with van der Waals surface area (Å²) in [4.78, 5) is 22.7. The molecule has 33 heavy (non-hydrogen) atoms. The number of nitrogens with one attached hydrogen (secondary N) is 1. The number of nitro groups is 1. The van der Waals surface area contributed by atoms with Crippen LogP contribution >= 0.6 is 11.6 Å². The van der Waals surface area contributed by atoms with Crippen molar-refractivity contribution in [2.24, 2.45) is 0 Å². The number of benzene rings is 3. The Labute approximate surface area is 195 Å². The second-order valence-electron chi connectivity index (χ2n) is 6.82. The Morgan fingerprint density at radius 2 is 1.76 bits per heavy atom. The molecule has 9 nitrogen and oxygen atoms in total. The van der Waals surface area contributed by atoms with Crippen LogP contribution in [0.4, 0.5) is 11.4 Å². The van der Waals surface area contributed by atoms with E-state index in [4.69, 9.17) is 16.3 Å². The van der Waals surface area contributed by atoms with Crippen LogP contribution in [0.2, 0.25) is 5.02 Å². The lowest BCUT2D eigenvalue weighted by molar-refractivity contribution is -0.385. The summed E-state index contributed by atoms with van der Waals surface area (Å²) in [5.41, 5.74) is 0.461. The van der Waals surface area contributed by atoms with Gasteiger partial charge in [-0.3, -0.25) is 19.2 Å². The summed E-state index contributed by atoms with van der Waals surface area (Å²) in [6.07, 6.45) is 0. The molecule has 0 saturated heterocycles. The Morgan fingerprint density at radius 1 is 1.09 bits per heavy atom. The maximum absolute atomic E-state index is 13.6. The molecule has 3 aromatic rings. The third-order valence-electron chi connectivity index (χ3n) is 4.67. The normalized spacial score (nSPS) is 11.0. The Kier molecular flexibility index (Phi) is 7.52. The Hall–Kier alpha value is -3.63. The van der Waals surface area contributed by atoms with Crippen LogP contribution in [0.25, 0.3) is 0 Å². The molecule has 172 valence electrons. The van der Waals surface area contributed by atoms with Crippen LogP contribution in [-0.2, 0) is 21.4 Å². The number of methoxy groups -OCH3 is 1. The van der Waals surface area contributed by atoms with E-state index in [2.05, 4.69) is 5.32 Å². The molecular weight excluding hydrogens is 470 g/mol. The molecule has 0 bridgehead atoms. The lowest BCUT2D eigenvalue weighted by atomic mass is 10.2. The number of hydrogen-bond acceptors (Lipinski definition) is 6. The van der Waals surface area contributed by atoms with E-state index in [-0.39, 0.29) is 23.0 Å². The van der Waals surface area contributed by atoms with E-state index in [9.17, 15) is 23.3 Å². The summed E-state index contributed by atoms with van der Waals surface area (Å²) in [6.45, 7) is -0.411. The molecule has 0 aliphatic rings. The molecule has 3 aromatic carbocycles. The first kappa shape index (κ1) is 24.0. The zero-order valence-corrected chi connectivity index (χ0v) is 19.0. The van der Waals surface area contributed by atoms with Gasteiger partial charge in [0.15, 0.2) is 0 Å². The third kappa shape index (κ3) is 5.60. The van der Waals surface area contributed by atoms with Gasteiger partial charge in [0.25, 0.3) is 15.7 Å². The van der Waals surface area contributed by atoms with Crippen molar-refractivity contribution >= 4 is 38.9 Å². The number of ether oxygens (including phenoxy) is 1. The quantitative estimate of drug-likeness (QED) is 0.361. The van der Waals surface area contributed by atoms with Crippen molar-refractivity contribution in [3.05, 3.63) is 93.5 Å². The van der Waals surface area contributed by atoms with Crippen molar-refractivity contribution in [2.45, 2.75) is 11.4 Å². The van der Waals surface area contributed by atoms with E-state index in [0.29, 0.717) is 0 Å². The number of amides is 1. The molecule has 0 unspecified atom stereocenters. The van der Waals surface area contributed by atoms with Crippen molar-refractivity contribution in [3.8, 4) is 5.75 Å². The third-order valence-corrected chi connectivity index (χ3v) is 6.91. The number of non-ortho nitro benzene ring substituents is 1. The topological polar surface area (TPSA) is 119 Å². The first-order valence-corrected chi connectivity index (χ1v) is 11.5. The molecular formula is C22H20ClN3O6S. The highest BCUT2D eigenvalue weighted by Crippen LogP contribution is 2.35. The molecule has 0 aromatic heterocycles. The number of carbonyl (C=O) groups is 1. The van der Waals surface area contributed by atoms with E-state index in [1.807, 2.05) is 30.3 Å². The molecule has 1 amide bonds. The largest absolute Gasteiger partial charge is 0.495 e. The lowest BCUT2D eigenvalue weighted by Gasteiger charge is -2.26. The number of anilines is 1. The maximum Gasteiger partial charge on any atom is 0.270 e. The zero-order valence-electron chi connectivity index (χ0n) is 17.5. The molecule has 0 fully saturated rings. The van der Waals surface area contributed by atoms with Gasteiger partial charge in [-0.15, -0.1) is 0 Å². The van der Waals surface area contributed by atoms with Crippen LogP contribution in [0.15, 0.2) is 77.7 Å². The summed E-state index contributed by atoms with van der Waals surface area (Å²) in [7, 11) is -3.13. The minimum atomic E-state index is -4.50. The number of nitro benzene ring substituents is 1. The second-order valence-corrected chi connectivity index (χ2v) is 9.06. The van der Waals surface area contributed by atoms with Gasteiger partial charge in [0.05, 0.1) is 22.7 Å². The summed E-state index contributed by atoms with van der Waals surface area (Å²) in [5, 5.41) is 13.7. The molecule has 0 aliphatic carbocycles. The van der Waals surface area contributed by atoms with Gasteiger partial charge in [0.2, 0.25) is 5.91 Å². The molecule has 0 radical (unpaired) electrons. The van der Waals surface area contributed by atoms with Crippen LogP contribution in [0.1, 0.15) is 5.56 Å². The number of hydrogen-bond donors (Lipinski definition) is 1. The molecule has 11 heteroatoms. The lowest BCUT2D eigenvalue weighted by Crippen LogP contribution is -2.41. The fourth-order valence-electron chi connectivity index (χ4n) is 3.04. The van der Waals surface area contributed by atoms with Crippen LogP contribution in [-0.4, -0.2) is 32.9 Å². The van der Waals surface area contributed by atoms with Crippen molar-refractivity contribution in [3.63, 3.8) is 0 Å². The summed E-state index contributed by atoms with van der Waals surface area (Å²) < 4.78 is 33.3. The van der Waals surface area contributed by atoms with E-state index in [1.54, 1.807) is 12.1 Å². The fourth-order valence-corrected chi connectivity index (χ4v) is 4.97.